The van der Waals surface area contributed by atoms with Crippen LogP contribution in [0.4, 0.5) is 5.69 Å². The molecule has 0 aromatic carbocycles. The highest BCUT2D eigenvalue weighted by molar-refractivity contribution is 5.94. The predicted octanol–water partition coefficient (Wildman–Crippen LogP) is 1.61. The second kappa shape index (κ2) is 7.21. The van der Waals surface area contributed by atoms with Crippen molar-refractivity contribution >= 4 is 23.5 Å². The highest BCUT2D eigenvalue weighted by Gasteiger charge is 2.28. The smallest absolute Gasteiger partial charge is 0.354 e. The number of rotatable bonds is 4. The first-order valence-corrected chi connectivity index (χ1v) is 7.67. The zero-order valence-electron chi connectivity index (χ0n) is 13.3. The van der Waals surface area contributed by atoms with Crippen molar-refractivity contribution < 1.29 is 19.5 Å². The summed E-state index contributed by atoms with van der Waals surface area (Å²) in [6.45, 7) is 4.88. The van der Waals surface area contributed by atoms with Crippen molar-refractivity contribution in [2.75, 3.05) is 18.4 Å². The average Bonchev–Trinajstić information content (AvgIpc) is 2.54. The van der Waals surface area contributed by atoms with Gasteiger partial charge in [-0.2, -0.15) is 0 Å². The lowest BCUT2D eigenvalue weighted by Crippen LogP contribution is -2.43. The van der Waals surface area contributed by atoms with Crippen LogP contribution in [0.1, 0.15) is 37.2 Å². The third-order valence-electron chi connectivity index (χ3n) is 3.92. The van der Waals surface area contributed by atoms with Gasteiger partial charge >= 0.3 is 5.97 Å². The summed E-state index contributed by atoms with van der Waals surface area (Å²) in [5, 5.41) is 11.6. The van der Waals surface area contributed by atoms with Gasteiger partial charge in [0.05, 0.1) is 0 Å². The number of pyridine rings is 1. The van der Waals surface area contributed by atoms with Crippen LogP contribution in [0.2, 0.25) is 0 Å². The van der Waals surface area contributed by atoms with E-state index in [4.69, 9.17) is 5.11 Å². The van der Waals surface area contributed by atoms with E-state index in [0.29, 0.717) is 31.6 Å². The van der Waals surface area contributed by atoms with E-state index in [1.54, 1.807) is 11.0 Å². The maximum absolute atomic E-state index is 12.3. The Kier molecular flexibility index (Phi) is 5.31. The molecular formula is C16H21N3O4. The molecule has 1 aromatic rings. The summed E-state index contributed by atoms with van der Waals surface area (Å²) in [5.74, 6) is -1.38. The molecule has 0 unspecified atom stereocenters. The molecule has 0 bridgehead atoms. The van der Waals surface area contributed by atoms with Crippen LogP contribution < -0.4 is 5.32 Å². The van der Waals surface area contributed by atoms with Crippen LogP contribution >= 0.6 is 0 Å². The Hall–Kier alpha value is -2.44. The van der Waals surface area contributed by atoms with E-state index in [1.165, 1.54) is 12.3 Å². The molecule has 0 atom stereocenters. The minimum atomic E-state index is -1.14. The number of carbonyl (C=O) groups excluding carboxylic acids is 2. The summed E-state index contributed by atoms with van der Waals surface area (Å²) in [4.78, 5) is 40.6. The predicted molar refractivity (Wildman–Crippen MR) is 84.0 cm³/mol. The number of carbonyl (C=O) groups is 3. The van der Waals surface area contributed by atoms with Crippen LogP contribution in [0.5, 0.6) is 0 Å². The van der Waals surface area contributed by atoms with E-state index in [-0.39, 0.29) is 29.3 Å². The van der Waals surface area contributed by atoms with Gasteiger partial charge in [-0.1, -0.05) is 13.8 Å². The van der Waals surface area contributed by atoms with Crippen LogP contribution in [-0.4, -0.2) is 45.9 Å². The number of aromatic nitrogens is 1. The van der Waals surface area contributed by atoms with Crippen LogP contribution in [0.3, 0.4) is 0 Å². The number of carboxylic acids is 1. The maximum atomic E-state index is 12.3. The maximum Gasteiger partial charge on any atom is 0.354 e. The average molecular weight is 319 g/mol. The molecule has 7 heteroatoms. The van der Waals surface area contributed by atoms with Crippen LogP contribution in [-0.2, 0) is 9.59 Å². The molecule has 2 heterocycles. The quantitative estimate of drug-likeness (QED) is 0.878. The first-order chi connectivity index (χ1) is 10.9. The molecule has 0 aliphatic carbocycles. The van der Waals surface area contributed by atoms with Crippen molar-refractivity contribution in [3.05, 3.63) is 24.0 Å². The van der Waals surface area contributed by atoms with Gasteiger partial charge in [-0.05, 0) is 25.0 Å². The van der Waals surface area contributed by atoms with Gasteiger partial charge < -0.3 is 15.3 Å². The first-order valence-electron chi connectivity index (χ1n) is 7.67. The Bertz CT molecular complexity index is 607. The lowest BCUT2D eigenvalue weighted by Gasteiger charge is -2.32. The molecule has 2 amide bonds. The van der Waals surface area contributed by atoms with Crippen molar-refractivity contribution in [3.63, 3.8) is 0 Å². The lowest BCUT2D eigenvalue weighted by molar-refractivity contribution is -0.137. The zero-order chi connectivity index (χ0) is 17.0. The standard InChI is InChI=1S/C16H21N3O4/c1-10(2)15(21)19-7-4-11(5-8-19)14(20)18-12-3-6-17-13(9-12)16(22)23/h3,6,9-11H,4-5,7-8H2,1-2H3,(H,22,23)(H,17,18,20). The molecule has 1 aromatic heterocycles. The fourth-order valence-electron chi connectivity index (χ4n) is 2.60. The van der Waals surface area contributed by atoms with Crippen LogP contribution in [0.15, 0.2) is 18.3 Å². The van der Waals surface area contributed by atoms with Crippen molar-refractivity contribution in [1.29, 1.82) is 0 Å². The number of hydrogen-bond donors (Lipinski definition) is 2. The monoisotopic (exact) mass is 319 g/mol. The van der Waals surface area contributed by atoms with Crippen molar-refractivity contribution in [2.24, 2.45) is 11.8 Å². The van der Waals surface area contributed by atoms with E-state index >= 15 is 0 Å². The molecule has 1 aliphatic heterocycles. The van der Waals surface area contributed by atoms with Gasteiger partial charge in [0.25, 0.3) is 0 Å². The van der Waals surface area contributed by atoms with Gasteiger partial charge in [0.15, 0.2) is 0 Å². The summed E-state index contributed by atoms with van der Waals surface area (Å²) in [6, 6.07) is 2.89. The number of aromatic carboxylic acids is 1. The Morgan fingerprint density at radius 1 is 1.30 bits per heavy atom. The van der Waals surface area contributed by atoms with E-state index < -0.39 is 5.97 Å². The van der Waals surface area contributed by atoms with Crippen LogP contribution in [0.25, 0.3) is 0 Å². The zero-order valence-corrected chi connectivity index (χ0v) is 13.3. The Morgan fingerprint density at radius 2 is 1.96 bits per heavy atom. The fraction of sp³-hybridized carbons (Fsp3) is 0.500. The van der Waals surface area contributed by atoms with Crippen molar-refractivity contribution in [1.82, 2.24) is 9.88 Å². The van der Waals surface area contributed by atoms with E-state index in [1.807, 2.05) is 13.8 Å². The minimum absolute atomic E-state index is 0.0355. The molecule has 0 radical (unpaired) electrons. The largest absolute Gasteiger partial charge is 0.477 e. The van der Waals surface area contributed by atoms with E-state index in [2.05, 4.69) is 10.3 Å². The molecule has 1 aliphatic rings. The molecule has 0 saturated carbocycles. The molecule has 2 rings (SSSR count). The second-order valence-electron chi connectivity index (χ2n) is 5.98. The Labute approximate surface area is 134 Å². The molecule has 2 N–H and O–H groups in total. The molecule has 0 spiro atoms. The topological polar surface area (TPSA) is 99.6 Å². The van der Waals surface area contributed by atoms with Gasteiger partial charge in [-0.3, -0.25) is 9.59 Å². The number of nitrogens with one attached hydrogen (secondary N) is 1. The number of amides is 2. The number of piperidine rings is 1. The van der Waals surface area contributed by atoms with Gasteiger partial charge in [0.2, 0.25) is 11.8 Å². The fourth-order valence-corrected chi connectivity index (χ4v) is 2.60. The third kappa shape index (κ3) is 4.28. The van der Waals surface area contributed by atoms with Gasteiger partial charge in [0.1, 0.15) is 5.69 Å². The number of likely N-dealkylation sites (tertiary alicyclic amines) is 1. The highest BCUT2D eigenvalue weighted by atomic mass is 16.4. The number of anilines is 1. The summed E-state index contributed by atoms with van der Waals surface area (Å²) in [5.41, 5.74) is 0.309. The summed E-state index contributed by atoms with van der Waals surface area (Å²) < 4.78 is 0. The Morgan fingerprint density at radius 3 is 2.52 bits per heavy atom. The molecule has 23 heavy (non-hydrogen) atoms. The van der Waals surface area contributed by atoms with Crippen LogP contribution in [0, 0.1) is 11.8 Å². The number of carboxylic acid groups (broad SMARTS) is 1. The summed E-state index contributed by atoms with van der Waals surface area (Å²) in [7, 11) is 0. The number of hydrogen-bond acceptors (Lipinski definition) is 4. The molecule has 124 valence electrons. The Balaban J connectivity index is 1.92. The van der Waals surface area contributed by atoms with E-state index in [9.17, 15) is 14.4 Å². The first kappa shape index (κ1) is 16.9. The SMILES string of the molecule is CC(C)C(=O)N1CCC(C(=O)Nc2ccnc(C(=O)O)c2)CC1. The number of nitrogens with zero attached hydrogens (tertiary/aromatic N) is 2. The summed E-state index contributed by atoms with van der Waals surface area (Å²) >= 11 is 0. The van der Waals surface area contributed by atoms with Crippen molar-refractivity contribution in [2.45, 2.75) is 26.7 Å². The molecular weight excluding hydrogens is 298 g/mol. The molecule has 1 fully saturated rings. The third-order valence-corrected chi connectivity index (χ3v) is 3.92. The molecule has 1 saturated heterocycles. The normalized spacial score (nSPS) is 15.5. The second-order valence-corrected chi connectivity index (χ2v) is 5.98. The lowest BCUT2D eigenvalue weighted by atomic mass is 9.95. The van der Waals surface area contributed by atoms with Gasteiger partial charge in [-0.15, -0.1) is 0 Å². The minimum Gasteiger partial charge on any atom is -0.477 e. The van der Waals surface area contributed by atoms with E-state index in [0.717, 1.165) is 0 Å². The molecule has 7 nitrogen and oxygen atoms in total. The van der Waals surface area contributed by atoms with Crippen molar-refractivity contribution in [3.8, 4) is 0 Å². The van der Waals surface area contributed by atoms with Gasteiger partial charge in [-0.25, -0.2) is 9.78 Å². The summed E-state index contributed by atoms with van der Waals surface area (Å²) in [6.07, 6.45) is 2.57. The van der Waals surface area contributed by atoms with Gasteiger partial charge in [0, 0.05) is 36.8 Å². The highest BCUT2D eigenvalue weighted by Crippen LogP contribution is 2.21.